The fourth-order valence-corrected chi connectivity index (χ4v) is 2.31. The largest absolute Gasteiger partial charge is 0.409 e. The summed E-state index contributed by atoms with van der Waals surface area (Å²) in [4.78, 5) is 0. The highest BCUT2D eigenvalue weighted by Gasteiger charge is 2.07. The van der Waals surface area contributed by atoms with Crippen molar-refractivity contribution in [3.63, 3.8) is 0 Å². The summed E-state index contributed by atoms with van der Waals surface area (Å²) < 4.78 is 3.55. The third kappa shape index (κ3) is 2.60. The molecule has 2 aromatic rings. The molecule has 1 aromatic carbocycles. The Morgan fingerprint density at radius 3 is 2.82 bits per heavy atom. The first-order chi connectivity index (χ1) is 8.11. The van der Waals surface area contributed by atoms with E-state index >= 15 is 0 Å². The van der Waals surface area contributed by atoms with E-state index in [9.17, 15) is 0 Å². The van der Waals surface area contributed by atoms with E-state index < -0.39 is 0 Å². The van der Waals surface area contributed by atoms with Crippen LogP contribution in [-0.4, -0.2) is 20.8 Å². The number of hydrogen-bond donors (Lipinski definition) is 2. The second-order valence-electron chi connectivity index (χ2n) is 3.25. The minimum absolute atomic E-state index is 0.0680. The summed E-state index contributed by atoms with van der Waals surface area (Å²) in [5, 5.41) is 15.8. The highest BCUT2D eigenvalue weighted by atomic mass is 127. The van der Waals surface area contributed by atoms with Gasteiger partial charge in [-0.05, 0) is 56.7 Å². The standard InChI is InChI=1S/C10H8BrIN4O/c11-9-3-7(16-5-6(12)4-14-16)1-2-8(9)10(13)15-17/h1-5,17H,(H2,13,15). The van der Waals surface area contributed by atoms with Gasteiger partial charge in [0.05, 0.1) is 15.5 Å². The van der Waals surface area contributed by atoms with Gasteiger partial charge in [-0.3, -0.25) is 0 Å². The van der Waals surface area contributed by atoms with E-state index in [0.29, 0.717) is 5.56 Å². The first kappa shape index (κ1) is 12.4. The van der Waals surface area contributed by atoms with Crippen molar-refractivity contribution in [3.05, 3.63) is 44.2 Å². The van der Waals surface area contributed by atoms with Gasteiger partial charge in [0.25, 0.3) is 0 Å². The van der Waals surface area contributed by atoms with Gasteiger partial charge < -0.3 is 10.9 Å². The maximum atomic E-state index is 8.63. The average Bonchev–Trinajstić information content (AvgIpc) is 2.75. The lowest BCUT2D eigenvalue weighted by atomic mass is 10.2. The molecule has 0 radical (unpaired) electrons. The number of aromatic nitrogens is 2. The van der Waals surface area contributed by atoms with Gasteiger partial charge in [-0.15, -0.1) is 0 Å². The van der Waals surface area contributed by atoms with Crippen LogP contribution in [0.4, 0.5) is 0 Å². The Morgan fingerprint density at radius 2 is 2.29 bits per heavy atom. The first-order valence-corrected chi connectivity index (χ1v) is 6.47. The highest BCUT2D eigenvalue weighted by molar-refractivity contribution is 14.1. The zero-order chi connectivity index (χ0) is 12.4. The van der Waals surface area contributed by atoms with E-state index in [1.807, 2.05) is 18.3 Å². The molecule has 1 aromatic heterocycles. The fraction of sp³-hybridized carbons (Fsp3) is 0. The van der Waals surface area contributed by atoms with Crippen molar-refractivity contribution in [3.8, 4) is 5.69 Å². The van der Waals surface area contributed by atoms with Crippen molar-refractivity contribution in [1.82, 2.24) is 9.78 Å². The molecule has 1 heterocycles. The Kier molecular flexibility index (Phi) is 3.67. The lowest BCUT2D eigenvalue weighted by Crippen LogP contribution is -2.14. The Hall–Kier alpha value is -1.09. The number of rotatable bonds is 2. The van der Waals surface area contributed by atoms with Gasteiger partial charge in [0.15, 0.2) is 5.84 Å². The smallest absolute Gasteiger partial charge is 0.171 e. The minimum atomic E-state index is 0.0680. The van der Waals surface area contributed by atoms with Crippen molar-refractivity contribution in [1.29, 1.82) is 0 Å². The molecule has 3 N–H and O–H groups in total. The summed E-state index contributed by atoms with van der Waals surface area (Å²) in [5.74, 6) is 0.0680. The predicted octanol–water partition coefficient (Wildman–Crippen LogP) is 2.33. The molecule has 0 aliphatic rings. The number of halogens is 2. The molecule has 0 saturated heterocycles. The monoisotopic (exact) mass is 406 g/mol. The number of amidine groups is 1. The van der Waals surface area contributed by atoms with Crippen LogP contribution in [0.15, 0.2) is 40.2 Å². The minimum Gasteiger partial charge on any atom is -0.409 e. The van der Waals surface area contributed by atoms with Gasteiger partial charge in [-0.2, -0.15) is 5.10 Å². The third-order valence-electron chi connectivity index (χ3n) is 2.15. The molecule has 0 atom stereocenters. The molecule has 0 bridgehead atoms. The second-order valence-corrected chi connectivity index (χ2v) is 5.35. The number of oxime groups is 1. The summed E-state index contributed by atoms with van der Waals surface area (Å²) >= 11 is 5.57. The van der Waals surface area contributed by atoms with Crippen LogP contribution in [0, 0.1) is 3.57 Å². The van der Waals surface area contributed by atoms with Gasteiger partial charge in [0, 0.05) is 16.2 Å². The lowest BCUT2D eigenvalue weighted by molar-refractivity contribution is 0.318. The molecule has 88 valence electrons. The Morgan fingerprint density at radius 1 is 1.53 bits per heavy atom. The van der Waals surface area contributed by atoms with Gasteiger partial charge >= 0.3 is 0 Å². The average molecular weight is 407 g/mol. The van der Waals surface area contributed by atoms with Crippen LogP contribution in [0.3, 0.4) is 0 Å². The van der Waals surface area contributed by atoms with E-state index in [2.05, 4.69) is 48.8 Å². The number of nitrogens with two attached hydrogens (primary N) is 1. The van der Waals surface area contributed by atoms with Crippen molar-refractivity contribution in [2.24, 2.45) is 10.9 Å². The second kappa shape index (κ2) is 5.05. The van der Waals surface area contributed by atoms with Crippen LogP contribution < -0.4 is 5.73 Å². The van der Waals surface area contributed by atoms with Crippen LogP contribution in [0.25, 0.3) is 5.69 Å². The maximum Gasteiger partial charge on any atom is 0.171 e. The van der Waals surface area contributed by atoms with Gasteiger partial charge in [0.2, 0.25) is 0 Å². The summed E-state index contributed by atoms with van der Waals surface area (Å²) in [6.07, 6.45) is 3.68. The van der Waals surface area contributed by atoms with Crippen LogP contribution in [0.1, 0.15) is 5.56 Å². The van der Waals surface area contributed by atoms with Crippen molar-refractivity contribution in [2.75, 3.05) is 0 Å². The van der Waals surface area contributed by atoms with Gasteiger partial charge in [-0.25, -0.2) is 4.68 Å². The van der Waals surface area contributed by atoms with Crippen LogP contribution in [-0.2, 0) is 0 Å². The third-order valence-corrected chi connectivity index (χ3v) is 3.37. The van der Waals surface area contributed by atoms with E-state index in [4.69, 9.17) is 10.9 Å². The lowest BCUT2D eigenvalue weighted by Gasteiger charge is -2.06. The molecule has 2 rings (SSSR count). The molecular weight excluding hydrogens is 399 g/mol. The predicted molar refractivity (Wildman–Crippen MR) is 76.5 cm³/mol. The van der Waals surface area contributed by atoms with Crippen molar-refractivity contribution in [2.45, 2.75) is 0 Å². The molecule has 0 unspecified atom stereocenters. The fourth-order valence-electron chi connectivity index (χ4n) is 1.35. The van der Waals surface area contributed by atoms with Crippen LogP contribution in [0.5, 0.6) is 0 Å². The van der Waals surface area contributed by atoms with Gasteiger partial charge in [0.1, 0.15) is 0 Å². The molecular formula is C10H8BrIN4O. The molecule has 0 fully saturated rings. The highest BCUT2D eigenvalue weighted by Crippen LogP contribution is 2.21. The first-order valence-electron chi connectivity index (χ1n) is 4.60. The topological polar surface area (TPSA) is 76.4 Å². The zero-order valence-electron chi connectivity index (χ0n) is 8.51. The summed E-state index contributed by atoms with van der Waals surface area (Å²) in [6, 6.07) is 5.47. The van der Waals surface area contributed by atoms with Crippen LogP contribution in [0.2, 0.25) is 0 Å². The van der Waals surface area contributed by atoms with E-state index in [-0.39, 0.29) is 5.84 Å². The number of nitrogens with zero attached hydrogens (tertiary/aromatic N) is 3. The molecule has 0 amide bonds. The van der Waals surface area contributed by atoms with E-state index in [0.717, 1.165) is 13.7 Å². The van der Waals surface area contributed by atoms with Crippen molar-refractivity contribution >= 4 is 44.4 Å². The summed E-state index contributed by atoms with van der Waals surface area (Å²) in [5.41, 5.74) is 7.07. The quantitative estimate of drug-likeness (QED) is 0.264. The molecule has 0 spiro atoms. The number of benzene rings is 1. The van der Waals surface area contributed by atoms with Gasteiger partial charge in [-0.1, -0.05) is 5.16 Å². The molecule has 0 aliphatic carbocycles. The molecule has 0 aliphatic heterocycles. The summed E-state index contributed by atoms with van der Waals surface area (Å²) in [6.45, 7) is 0. The zero-order valence-corrected chi connectivity index (χ0v) is 12.3. The Bertz CT molecular complexity index is 581. The molecule has 0 saturated carbocycles. The van der Waals surface area contributed by atoms with E-state index in [1.165, 1.54) is 0 Å². The summed E-state index contributed by atoms with van der Waals surface area (Å²) in [7, 11) is 0. The number of hydrogen-bond acceptors (Lipinski definition) is 3. The van der Waals surface area contributed by atoms with Crippen LogP contribution >= 0.6 is 38.5 Å². The SMILES string of the molecule is N/C(=N/O)c1ccc(-n2cc(I)cn2)cc1Br. The molecule has 5 nitrogen and oxygen atoms in total. The normalized spacial score (nSPS) is 11.8. The molecule has 17 heavy (non-hydrogen) atoms. The molecule has 7 heteroatoms. The van der Waals surface area contributed by atoms with E-state index in [1.54, 1.807) is 16.9 Å². The Labute approximate surface area is 120 Å². The Balaban J connectivity index is 2.44. The maximum absolute atomic E-state index is 8.63. The van der Waals surface area contributed by atoms with Crippen molar-refractivity contribution < 1.29 is 5.21 Å².